The van der Waals surface area contributed by atoms with Gasteiger partial charge in [0.2, 0.25) is 0 Å². The van der Waals surface area contributed by atoms with Crippen LogP contribution >= 0.6 is 12.2 Å². The van der Waals surface area contributed by atoms with Gasteiger partial charge in [-0.2, -0.15) is 0 Å². The Morgan fingerprint density at radius 1 is 1.78 bits per heavy atom. The third kappa shape index (κ3) is 1.18. The molecule has 9 heavy (non-hydrogen) atoms. The van der Waals surface area contributed by atoms with Crippen molar-refractivity contribution < 1.29 is 9.90 Å². The highest BCUT2D eigenvalue weighted by molar-refractivity contribution is 7.80. The number of thiocarbonyl (C=S) groups is 1. The molecule has 3 nitrogen and oxygen atoms in total. The predicted molar refractivity (Wildman–Crippen MR) is 36.6 cm³/mol. The van der Waals surface area contributed by atoms with Crippen molar-refractivity contribution in [2.45, 2.75) is 12.8 Å². The van der Waals surface area contributed by atoms with E-state index in [1.165, 1.54) is 4.90 Å². The smallest absolute Gasteiger partial charge is 0.412 e. The molecule has 4 heteroatoms. The second kappa shape index (κ2) is 2.31. The first-order chi connectivity index (χ1) is 4.22. The second-order valence-electron chi connectivity index (χ2n) is 1.93. The molecule has 0 aromatic rings. The quantitative estimate of drug-likeness (QED) is 0.519. The zero-order valence-electron chi connectivity index (χ0n) is 4.83. The Bertz CT molecular complexity index is 157. The van der Waals surface area contributed by atoms with E-state index in [-0.39, 0.29) is 0 Å². The van der Waals surface area contributed by atoms with Gasteiger partial charge in [0.05, 0.1) is 4.99 Å². The zero-order chi connectivity index (χ0) is 6.85. The van der Waals surface area contributed by atoms with Crippen molar-refractivity contribution in [1.29, 1.82) is 0 Å². The number of rotatable bonds is 0. The van der Waals surface area contributed by atoms with Crippen molar-refractivity contribution in [2.75, 3.05) is 6.54 Å². The summed E-state index contributed by atoms with van der Waals surface area (Å²) in [6.07, 6.45) is 0.713. The number of likely N-dealkylation sites (tertiary alicyclic amines) is 1. The van der Waals surface area contributed by atoms with Gasteiger partial charge in [-0.05, 0) is 6.42 Å². The van der Waals surface area contributed by atoms with E-state index in [4.69, 9.17) is 17.3 Å². The van der Waals surface area contributed by atoms with Gasteiger partial charge in [-0.1, -0.05) is 12.2 Å². The van der Waals surface area contributed by atoms with Crippen molar-refractivity contribution in [1.82, 2.24) is 4.90 Å². The van der Waals surface area contributed by atoms with E-state index in [9.17, 15) is 4.79 Å². The molecule has 0 atom stereocenters. The number of carbonyl (C=O) groups is 1. The van der Waals surface area contributed by atoms with Crippen LogP contribution in [0.2, 0.25) is 0 Å². The van der Waals surface area contributed by atoms with Gasteiger partial charge >= 0.3 is 6.09 Å². The van der Waals surface area contributed by atoms with Crippen LogP contribution in [-0.2, 0) is 0 Å². The highest BCUT2D eigenvalue weighted by Gasteiger charge is 2.21. The zero-order valence-corrected chi connectivity index (χ0v) is 5.65. The first-order valence-electron chi connectivity index (χ1n) is 2.75. The molecule has 1 aliphatic rings. The van der Waals surface area contributed by atoms with Gasteiger partial charge in [-0.25, -0.2) is 4.79 Å². The number of nitrogens with zero attached hydrogens (tertiary/aromatic N) is 1. The molecule has 0 unspecified atom stereocenters. The fourth-order valence-corrected chi connectivity index (χ4v) is 1.16. The van der Waals surface area contributed by atoms with Gasteiger partial charge < -0.3 is 5.11 Å². The maximum absolute atomic E-state index is 10.3. The van der Waals surface area contributed by atoms with Crippen LogP contribution < -0.4 is 0 Å². The highest BCUT2D eigenvalue weighted by atomic mass is 32.1. The molecule has 0 radical (unpaired) electrons. The van der Waals surface area contributed by atoms with E-state index in [0.29, 0.717) is 11.5 Å². The van der Waals surface area contributed by atoms with Crippen molar-refractivity contribution in [3.8, 4) is 0 Å². The first-order valence-corrected chi connectivity index (χ1v) is 3.16. The molecule has 0 spiro atoms. The van der Waals surface area contributed by atoms with Crippen molar-refractivity contribution in [3.63, 3.8) is 0 Å². The Labute approximate surface area is 58.3 Å². The third-order valence-corrected chi connectivity index (χ3v) is 1.73. The SMILES string of the molecule is O=C(O)N1CCCC1=S. The fraction of sp³-hybridized carbons (Fsp3) is 0.600. The Hall–Kier alpha value is -0.640. The number of hydrogen-bond acceptors (Lipinski definition) is 2. The first kappa shape index (κ1) is 6.48. The standard InChI is InChI=1S/C5H7NO2S/c7-5(8)6-3-1-2-4(6)9/h1-3H2,(H,7,8). The summed E-state index contributed by atoms with van der Waals surface area (Å²) in [5.41, 5.74) is 0. The molecular formula is C5H7NO2S. The minimum atomic E-state index is -0.919. The minimum absolute atomic E-state index is 0.558. The molecule has 1 aliphatic heterocycles. The van der Waals surface area contributed by atoms with Gasteiger partial charge in [0.25, 0.3) is 0 Å². The lowest BCUT2D eigenvalue weighted by atomic mass is 10.4. The van der Waals surface area contributed by atoms with Crippen LogP contribution in [0.15, 0.2) is 0 Å². The molecule has 1 amide bonds. The third-order valence-electron chi connectivity index (χ3n) is 1.30. The van der Waals surface area contributed by atoms with Gasteiger partial charge in [0.1, 0.15) is 0 Å². The maximum atomic E-state index is 10.3. The molecule has 0 aromatic carbocycles. The van der Waals surface area contributed by atoms with Crippen LogP contribution in [0, 0.1) is 0 Å². The number of hydrogen-bond donors (Lipinski definition) is 1. The summed E-state index contributed by atoms with van der Waals surface area (Å²) in [7, 11) is 0. The van der Waals surface area contributed by atoms with Gasteiger partial charge in [0, 0.05) is 13.0 Å². The van der Waals surface area contributed by atoms with Crippen LogP contribution in [0.5, 0.6) is 0 Å². The molecule has 0 aromatic heterocycles. The van der Waals surface area contributed by atoms with E-state index in [2.05, 4.69) is 0 Å². The Morgan fingerprint density at radius 3 is 2.67 bits per heavy atom. The van der Waals surface area contributed by atoms with E-state index in [1.807, 2.05) is 0 Å². The van der Waals surface area contributed by atoms with E-state index < -0.39 is 6.09 Å². The summed E-state index contributed by atoms with van der Waals surface area (Å²) >= 11 is 4.76. The molecule has 1 fully saturated rings. The highest BCUT2D eigenvalue weighted by Crippen LogP contribution is 2.10. The molecule has 0 bridgehead atoms. The number of carboxylic acid groups (broad SMARTS) is 1. The van der Waals surface area contributed by atoms with Gasteiger partial charge in [-0.3, -0.25) is 4.90 Å². The Morgan fingerprint density at radius 2 is 2.44 bits per heavy atom. The molecule has 1 N–H and O–H groups in total. The summed E-state index contributed by atoms with van der Waals surface area (Å²) < 4.78 is 0. The molecule has 1 heterocycles. The molecule has 50 valence electrons. The summed E-state index contributed by atoms with van der Waals surface area (Å²) in [6.45, 7) is 0.578. The average molecular weight is 145 g/mol. The van der Waals surface area contributed by atoms with E-state index in [0.717, 1.165) is 12.8 Å². The van der Waals surface area contributed by atoms with Crippen LogP contribution in [0.25, 0.3) is 0 Å². The summed E-state index contributed by atoms with van der Waals surface area (Å²) in [5, 5.41) is 8.42. The van der Waals surface area contributed by atoms with E-state index in [1.54, 1.807) is 0 Å². The molecule has 0 aliphatic carbocycles. The van der Waals surface area contributed by atoms with Crippen LogP contribution in [0.3, 0.4) is 0 Å². The summed E-state index contributed by atoms with van der Waals surface area (Å²) in [4.78, 5) is 12.0. The lowest BCUT2D eigenvalue weighted by Gasteiger charge is -2.08. The molecular weight excluding hydrogens is 138 g/mol. The topological polar surface area (TPSA) is 40.5 Å². The van der Waals surface area contributed by atoms with E-state index >= 15 is 0 Å². The maximum Gasteiger partial charge on any atom is 0.412 e. The van der Waals surface area contributed by atoms with Crippen molar-refractivity contribution >= 4 is 23.3 Å². The Kier molecular flexibility index (Phi) is 1.66. The summed E-state index contributed by atoms with van der Waals surface area (Å²) in [6, 6.07) is 0. The Balaban J connectivity index is 2.60. The average Bonchev–Trinajstić information content (AvgIpc) is 2.13. The molecule has 1 saturated heterocycles. The van der Waals surface area contributed by atoms with Crippen molar-refractivity contribution in [3.05, 3.63) is 0 Å². The van der Waals surface area contributed by atoms with Crippen LogP contribution in [-0.4, -0.2) is 27.6 Å². The van der Waals surface area contributed by atoms with Crippen LogP contribution in [0.4, 0.5) is 4.79 Å². The predicted octanol–water partition coefficient (Wildman–Crippen LogP) is 1.09. The molecule has 0 saturated carbocycles. The summed E-state index contributed by atoms with van der Waals surface area (Å²) in [5.74, 6) is 0. The lowest BCUT2D eigenvalue weighted by Crippen LogP contribution is -2.28. The normalized spacial score (nSPS) is 18.7. The monoisotopic (exact) mass is 145 g/mol. The second-order valence-corrected chi connectivity index (χ2v) is 2.40. The van der Waals surface area contributed by atoms with Gasteiger partial charge in [0.15, 0.2) is 0 Å². The largest absolute Gasteiger partial charge is 0.465 e. The lowest BCUT2D eigenvalue weighted by molar-refractivity contribution is 0.172. The number of amides is 1. The van der Waals surface area contributed by atoms with Crippen molar-refractivity contribution in [2.24, 2.45) is 0 Å². The minimum Gasteiger partial charge on any atom is -0.465 e. The van der Waals surface area contributed by atoms with Gasteiger partial charge in [-0.15, -0.1) is 0 Å². The fourth-order valence-electron chi connectivity index (χ4n) is 0.850. The van der Waals surface area contributed by atoms with Crippen LogP contribution in [0.1, 0.15) is 12.8 Å². The molecule has 1 rings (SSSR count).